The van der Waals surface area contributed by atoms with Gasteiger partial charge in [0.25, 0.3) is 0 Å². The average molecular weight is 492 g/mol. The third kappa shape index (κ3) is 6.40. The molecule has 1 aliphatic carbocycles. The number of hydrogen-bond acceptors (Lipinski definition) is 6. The molecule has 2 aromatic heterocycles. The molecular weight excluding hydrogens is 460 g/mol. The Bertz CT molecular complexity index is 1330. The van der Waals surface area contributed by atoms with Crippen LogP contribution in [0.1, 0.15) is 32.6 Å². The molecule has 0 amide bonds. The number of aromatic nitrogens is 2. The van der Waals surface area contributed by atoms with E-state index in [2.05, 4.69) is 21.7 Å². The molecule has 0 saturated heterocycles. The highest BCUT2D eigenvalue weighted by atomic mass is 35.5. The van der Waals surface area contributed by atoms with Crippen molar-refractivity contribution in [3.63, 3.8) is 0 Å². The van der Waals surface area contributed by atoms with Crippen LogP contribution in [0.2, 0.25) is 5.02 Å². The van der Waals surface area contributed by atoms with Crippen molar-refractivity contribution in [2.75, 3.05) is 31.6 Å². The maximum Gasteiger partial charge on any atom is 0.138 e. The lowest BCUT2D eigenvalue weighted by atomic mass is 10.1. The van der Waals surface area contributed by atoms with E-state index in [0.29, 0.717) is 30.3 Å². The lowest BCUT2D eigenvalue weighted by molar-refractivity contribution is 0.140. The maximum absolute atomic E-state index is 7.90. The number of ether oxygens (including phenoxy) is 2. The molecule has 4 aromatic rings. The predicted octanol–water partition coefficient (Wildman–Crippen LogP) is 5.98. The first-order chi connectivity index (χ1) is 17.7. The fraction of sp³-hybridized carbons (Fsp3) is 0.357. The second-order valence-corrected chi connectivity index (χ2v) is 9.24. The van der Waals surface area contributed by atoms with Gasteiger partial charge in [-0.15, -0.1) is 0 Å². The minimum absolute atomic E-state index is 0.356. The Balaban J connectivity index is 0.990. The minimum Gasteiger partial charge on any atom is -0.489 e. The molecule has 6 nitrogen and oxygen atoms in total. The predicted molar refractivity (Wildman–Crippen MR) is 142 cm³/mol. The number of unbranched alkanes of at least 4 members (excludes halogenated alkanes) is 1. The Hall–Kier alpha value is -2.93. The average Bonchev–Trinajstić information content (AvgIpc) is 3.70. The summed E-state index contributed by atoms with van der Waals surface area (Å²) in [7, 11) is 0. The van der Waals surface area contributed by atoms with Gasteiger partial charge in [-0.05, 0) is 62.1 Å². The SMILES string of the molecule is [2H]c1ccc2c(c1)nc(NCCOCCCCNCc1ccc(OC3CC3)c(Cl)c1)c1ccncc12. The highest BCUT2D eigenvalue weighted by Gasteiger charge is 2.24. The van der Waals surface area contributed by atoms with Gasteiger partial charge < -0.3 is 20.1 Å². The van der Waals surface area contributed by atoms with Gasteiger partial charge in [-0.2, -0.15) is 0 Å². The smallest absolute Gasteiger partial charge is 0.138 e. The Kier molecular flexibility index (Phi) is 7.51. The molecule has 0 atom stereocenters. The molecule has 2 heterocycles. The van der Waals surface area contributed by atoms with E-state index in [1.54, 1.807) is 18.3 Å². The van der Waals surface area contributed by atoms with Crippen molar-refractivity contribution in [3.8, 4) is 5.75 Å². The summed E-state index contributed by atoms with van der Waals surface area (Å²) < 4.78 is 19.5. The van der Waals surface area contributed by atoms with E-state index in [9.17, 15) is 0 Å². The zero-order chi connectivity index (χ0) is 24.7. The van der Waals surface area contributed by atoms with Gasteiger partial charge in [0.1, 0.15) is 11.6 Å². The lowest BCUT2D eigenvalue weighted by Gasteiger charge is -2.12. The van der Waals surface area contributed by atoms with E-state index in [4.69, 9.17) is 27.4 Å². The number of nitrogens with one attached hydrogen (secondary N) is 2. The third-order valence-corrected chi connectivity index (χ3v) is 6.31. The first-order valence-corrected chi connectivity index (χ1v) is 12.7. The largest absolute Gasteiger partial charge is 0.489 e. The fourth-order valence-corrected chi connectivity index (χ4v) is 4.27. The summed E-state index contributed by atoms with van der Waals surface area (Å²) in [6.45, 7) is 3.71. The van der Waals surface area contributed by atoms with Crippen molar-refractivity contribution in [1.82, 2.24) is 15.3 Å². The number of anilines is 1. The molecule has 5 rings (SSSR count). The summed E-state index contributed by atoms with van der Waals surface area (Å²) in [6, 6.07) is 13.9. The third-order valence-electron chi connectivity index (χ3n) is 6.02. The first kappa shape index (κ1) is 22.5. The van der Waals surface area contributed by atoms with Crippen LogP contribution in [0.15, 0.2) is 60.9 Å². The molecule has 0 unspecified atom stereocenters. The van der Waals surface area contributed by atoms with Crippen LogP contribution < -0.4 is 15.4 Å². The molecule has 2 aromatic carbocycles. The fourth-order valence-electron chi connectivity index (χ4n) is 4.02. The summed E-state index contributed by atoms with van der Waals surface area (Å²) in [6.07, 6.45) is 8.29. The van der Waals surface area contributed by atoms with Gasteiger partial charge in [0.05, 0.1) is 24.6 Å². The quantitative estimate of drug-likeness (QED) is 0.177. The van der Waals surface area contributed by atoms with E-state index >= 15 is 0 Å². The Morgan fingerprint density at radius 3 is 2.86 bits per heavy atom. The molecule has 0 spiro atoms. The van der Waals surface area contributed by atoms with Gasteiger partial charge in [-0.3, -0.25) is 4.98 Å². The summed E-state index contributed by atoms with van der Waals surface area (Å²) in [5.74, 6) is 1.59. The van der Waals surface area contributed by atoms with E-state index in [1.807, 2.05) is 30.5 Å². The Morgan fingerprint density at radius 1 is 1.03 bits per heavy atom. The van der Waals surface area contributed by atoms with Crippen LogP contribution >= 0.6 is 11.6 Å². The molecular formula is C28H31ClN4O2. The normalized spacial score (nSPS) is 13.8. The van der Waals surface area contributed by atoms with Crippen molar-refractivity contribution >= 4 is 39.1 Å². The van der Waals surface area contributed by atoms with E-state index in [1.165, 1.54) is 0 Å². The molecule has 2 N–H and O–H groups in total. The lowest BCUT2D eigenvalue weighted by Crippen LogP contribution is -2.16. The van der Waals surface area contributed by atoms with Gasteiger partial charge in [0.2, 0.25) is 0 Å². The molecule has 1 aliphatic rings. The zero-order valence-electron chi connectivity index (χ0n) is 20.7. The number of benzene rings is 2. The monoisotopic (exact) mass is 491 g/mol. The number of para-hydroxylation sites is 1. The molecule has 0 aliphatic heterocycles. The molecule has 0 bridgehead atoms. The first-order valence-electron chi connectivity index (χ1n) is 12.8. The molecule has 1 saturated carbocycles. The molecule has 182 valence electrons. The highest BCUT2D eigenvalue weighted by molar-refractivity contribution is 6.32. The van der Waals surface area contributed by atoms with Crippen LogP contribution in [-0.2, 0) is 11.3 Å². The van der Waals surface area contributed by atoms with Crippen LogP contribution in [-0.4, -0.2) is 42.4 Å². The van der Waals surface area contributed by atoms with Crippen LogP contribution in [0.4, 0.5) is 5.82 Å². The summed E-state index contributed by atoms with van der Waals surface area (Å²) >= 11 is 6.34. The van der Waals surface area contributed by atoms with E-state index < -0.39 is 0 Å². The highest BCUT2D eigenvalue weighted by Crippen LogP contribution is 2.32. The van der Waals surface area contributed by atoms with Crippen molar-refractivity contribution in [3.05, 3.63) is 71.5 Å². The van der Waals surface area contributed by atoms with Gasteiger partial charge in [0, 0.05) is 48.2 Å². The zero-order valence-corrected chi connectivity index (χ0v) is 20.5. The van der Waals surface area contributed by atoms with Crippen molar-refractivity contribution in [2.24, 2.45) is 0 Å². The standard InChI is InChI=1S/C28H31ClN4O2/c29-25-17-20(7-10-27(25)35-21-8-9-21)18-30-12-3-4-15-34-16-14-32-28-23-11-13-31-19-24(23)22-5-1-2-6-26(22)33-28/h1-2,5-7,10-11,13,17,19,21,30H,3-4,8-9,12,14-16,18H2,(H,32,33)/i2D. The molecule has 35 heavy (non-hydrogen) atoms. The number of nitrogens with zero attached hydrogens (tertiary/aromatic N) is 2. The van der Waals surface area contributed by atoms with Gasteiger partial charge >= 0.3 is 0 Å². The van der Waals surface area contributed by atoms with Crippen LogP contribution in [0.5, 0.6) is 5.75 Å². The van der Waals surface area contributed by atoms with Gasteiger partial charge in [-0.1, -0.05) is 35.8 Å². The van der Waals surface area contributed by atoms with Gasteiger partial charge in [-0.25, -0.2) is 4.98 Å². The maximum atomic E-state index is 7.90. The Morgan fingerprint density at radius 2 is 1.97 bits per heavy atom. The van der Waals surface area contributed by atoms with Gasteiger partial charge in [0.15, 0.2) is 0 Å². The number of rotatable bonds is 13. The van der Waals surface area contributed by atoms with Crippen molar-refractivity contribution in [1.29, 1.82) is 0 Å². The summed E-state index contributed by atoms with van der Waals surface area (Å²) in [4.78, 5) is 9.01. The van der Waals surface area contributed by atoms with E-state index in [-0.39, 0.29) is 0 Å². The number of pyridine rings is 2. The number of hydrogen-bond donors (Lipinski definition) is 2. The second kappa shape index (κ2) is 11.7. The molecule has 7 heteroatoms. The van der Waals surface area contributed by atoms with Crippen LogP contribution in [0.3, 0.4) is 0 Å². The Labute approximate surface area is 212 Å². The second-order valence-electron chi connectivity index (χ2n) is 8.83. The minimum atomic E-state index is 0.356. The molecule has 0 radical (unpaired) electrons. The van der Waals surface area contributed by atoms with E-state index in [0.717, 1.165) is 84.2 Å². The summed E-state index contributed by atoms with van der Waals surface area (Å²) in [5, 5.41) is 10.6. The number of halogens is 1. The van der Waals surface area contributed by atoms with Crippen molar-refractivity contribution in [2.45, 2.75) is 38.3 Å². The van der Waals surface area contributed by atoms with Crippen molar-refractivity contribution < 1.29 is 10.8 Å². The topological polar surface area (TPSA) is 68.3 Å². The number of fused-ring (bicyclic) bond motifs is 3. The summed E-state index contributed by atoms with van der Waals surface area (Å²) in [5.41, 5.74) is 1.96. The van der Waals surface area contributed by atoms with Crippen LogP contribution in [0, 0.1) is 0 Å². The van der Waals surface area contributed by atoms with Crippen LogP contribution in [0.25, 0.3) is 21.7 Å². The molecule has 1 fully saturated rings.